The number of nitrogens with zero attached hydrogens (tertiary/aromatic N) is 2. The van der Waals surface area contributed by atoms with Crippen molar-refractivity contribution in [2.45, 2.75) is 44.2 Å². The fourth-order valence-electron chi connectivity index (χ4n) is 4.45. The number of benzene rings is 1. The Labute approximate surface area is 125 Å². The van der Waals surface area contributed by atoms with Gasteiger partial charge in [0, 0.05) is 30.9 Å². The van der Waals surface area contributed by atoms with Gasteiger partial charge in [-0.1, -0.05) is 18.9 Å². The van der Waals surface area contributed by atoms with E-state index in [4.69, 9.17) is 5.73 Å². The summed E-state index contributed by atoms with van der Waals surface area (Å²) < 4.78 is 0. The molecule has 0 spiro atoms. The molecule has 1 aliphatic carbocycles. The topological polar surface area (TPSA) is 49.6 Å². The third-order valence-electron chi connectivity index (χ3n) is 5.65. The maximum Gasteiger partial charge on any atom is 0.248 e. The van der Waals surface area contributed by atoms with Crippen LogP contribution in [0.2, 0.25) is 0 Å². The van der Waals surface area contributed by atoms with Gasteiger partial charge in [0.2, 0.25) is 5.91 Å². The molecule has 0 radical (unpaired) electrons. The third kappa shape index (κ3) is 1.89. The highest BCUT2D eigenvalue weighted by Crippen LogP contribution is 2.42. The van der Waals surface area contributed by atoms with Gasteiger partial charge in [-0.25, -0.2) is 0 Å². The van der Waals surface area contributed by atoms with Gasteiger partial charge in [-0.2, -0.15) is 0 Å². The average Bonchev–Trinajstić information content (AvgIpc) is 3.04. The molecule has 3 unspecified atom stereocenters. The van der Waals surface area contributed by atoms with Gasteiger partial charge < -0.3 is 15.5 Å². The van der Waals surface area contributed by atoms with Crippen molar-refractivity contribution in [2.75, 3.05) is 23.4 Å². The van der Waals surface area contributed by atoms with E-state index in [1.807, 2.05) is 13.1 Å². The van der Waals surface area contributed by atoms with Gasteiger partial charge in [0.15, 0.2) is 0 Å². The first kappa shape index (κ1) is 13.1. The van der Waals surface area contributed by atoms with Crippen molar-refractivity contribution < 1.29 is 4.79 Å². The average molecular weight is 285 g/mol. The van der Waals surface area contributed by atoms with Crippen LogP contribution in [-0.4, -0.2) is 25.5 Å². The molecule has 2 fully saturated rings. The molecule has 2 N–H and O–H groups in total. The largest absolute Gasteiger partial charge is 0.368 e. The molecule has 0 bridgehead atoms. The molecule has 3 aliphatic rings. The van der Waals surface area contributed by atoms with Crippen molar-refractivity contribution in [3.8, 4) is 0 Å². The molecule has 2 aliphatic heterocycles. The van der Waals surface area contributed by atoms with E-state index >= 15 is 0 Å². The number of anilines is 2. The van der Waals surface area contributed by atoms with Gasteiger partial charge >= 0.3 is 0 Å². The molecule has 2 heterocycles. The second-order valence-electron chi connectivity index (χ2n) is 6.71. The van der Waals surface area contributed by atoms with E-state index in [1.54, 1.807) is 4.90 Å². The molecule has 112 valence electrons. The zero-order valence-corrected chi connectivity index (χ0v) is 12.6. The number of carbonyl (C=O) groups excluding carboxylic acids is 1. The van der Waals surface area contributed by atoms with Crippen LogP contribution in [0.3, 0.4) is 0 Å². The zero-order valence-electron chi connectivity index (χ0n) is 12.6. The second-order valence-corrected chi connectivity index (χ2v) is 6.71. The number of amides is 1. The molecule has 3 atom stereocenters. The van der Waals surface area contributed by atoms with Gasteiger partial charge in [-0.3, -0.25) is 4.79 Å². The number of hydrogen-bond donors (Lipinski definition) is 1. The van der Waals surface area contributed by atoms with Crippen LogP contribution in [0.1, 0.15) is 43.7 Å². The minimum absolute atomic E-state index is 0.000820. The monoisotopic (exact) mass is 285 g/mol. The normalized spacial score (nSPS) is 31.5. The summed E-state index contributed by atoms with van der Waals surface area (Å²) in [4.78, 5) is 16.3. The van der Waals surface area contributed by atoms with Gasteiger partial charge in [0.1, 0.15) is 6.04 Å². The molecule has 1 saturated heterocycles. The second kappa shape index (κ2) is 4.73. The van der Waals surface area contributed by atoms with E-state index in [0.717, 1.165) is 23.7 Å². The molecular formula is C17H23N3O. The maximum absolute atomic E-state index is 12.0. The Morgan fingerprint density at radius 1 is 1.19 bits per heavy atom. The standard InChI is InChI=1S/C17H23N3O/c1-19-15-10-12(6-7-13(15)16(18)17(19)21)20-9-8-11-4-2-3-5-14(11)20/h6-7,10-11,14,16H,2-5,8-9,18H2,1H3. The van der Waals surface area contributed by atoms with E-state index in [2.05, 4.69) is 17.0 Å². The van der Waals surface area contributed by atoms with Gasteiger partial charge in [0.05, 0.1) is 5.69 Å². The quantitative estimate of drug-likeness (QED) is 0.862. The SMILES string of the molecule is CN1C(=O)C(N)c2ccc(N3CCC4CCCCC43)cc21. The molecule has 1 saturated carbocycles. The van der Waals surface area contributed by atoms with Crippen molar-refractivity contribution in [3.63, 3.8) is 0 Å². The van der Waals surface area contributed by atoms with Crippen LogP contribution in [0.25, 0.3) is 0 Å². The number of fused-ring (bicyclic) bond motifs is 2. The molecule has 1 aromatic rings. The first-order valence-electron chi connectivity index (χ1n) is 8.10. The number of rotatable bonds is 1. The summed E-state index contributed by atoms with van der Waals surface area (Å²) >= 11 is 0. The van der Waals surface area contributed by atoms with Crippen molar-refractivity contribution in [3.05, 3.63) is 23.8 Å². The van der Waals surface area contributed by atoms with Crippen LogP contribution in [0.15, 0.2) is 18.2 Å². The molecule has 4 rings (SSSR count). The summed E-state index contributed by atoms with van der Waals surface area (Å²) in [5, 5.41) is 0. The first-order valence-corrected chi connectivity index (χ1v) is 8.10. The van der Waals surface area contributed by atoms with E-state index in [9.17, 15) is 4.79 Å². The Bertz CT molecular complexity index is 585. The highest BCUT2D eigenvalue weighted by Gasteiger charge is 2.37. The Balaban J connectivity index is 1.67. The van der Waals surface area contributed by atoms with Gasteiger partial charge in [0.25, 0.3) is 0 Å². The Morgan fingerprint density at radius 3 is 2.86 bits per heavy atom. The molecule has 1 amide bonds. The highest BCUT2D eigenvalue weighted by atomic mass is 16.2. The molecule has 1 aromatic carbocycles. The van der Waals surface area contributed by atoms with Crippen LogP contribution in [0.4, 0.5) is 11.4 Å². The lowest BCUT2D eigenvalue weighted by Gasteiger charge is -2.33. The van der Waals surface area contributed by atoms with Crippen LogP contribution >= 0.6 is 0 Å². The van der Waals surface area contributed by atoms with E-state index in [0.29, 0.717) is 6.04 Å². The summed E-state index contributed by atoms with van der Waals surface area (Å²) in [5.41, 5.74) is 9.20. The van der Waals surface area contributed by atoms with E-state index < -0.39 is 6.04 Å². The van der Waals surface area contributed by atoms with Crippen molar-refractivity contribution in [2.24, 2.45) is 11.7 Å². The van der Waals surface area contributed by atoms with Crippen LogP contribution in [0, 0.1) is 5.92 Å². The Kier molecular flexibility index (Phi) is 2.96. The number of nitrogens with two attached hydrogens (primary N) is 1. The molecule has 4 heteroatoms. The smallest absolute Gasteiger partial charge is 0.248 e. The van der Waals surface area contributed by atoms with E-state index in [-0.39, 0.29) is 5.91 Å². The highest BCUT2D eigenvalue weighted by molar-refractivity contribution is 6.04. The summed E-state index contributed by atoms with van der Waals surface area (Å²) in [7, 11) is 1.82. The summed E-state index contributed by atoms with van der Waals surface area (Å²) in [6.45, 7) is 1.15. The summed E-state index contributed by atoms with van der Waals surface area (Å²) in [6, 6.07) is 6.58. The lowest BCUT2D eigenvalue weighted by Crippen LogP contribution is -2.34. The molecular weight excluding hydrogens is 262 g/mol. The van der Waals surface area contributed by atoms with Crippen molar-refractivity contribution >= 4 is 17.3 Å². The Morgan fingerprint density at radius 2 is 2.00 bits per heavy atom. The molecule has 4 nitrogen and oxygen atoms in total. The van der Waals surface area contributed by atoms with Crippen LogP contribution in [0.5, 0.6) is 0 Å². The minimum Gasteiger partial charge on any atom is -0.368 e. The summed E-state index contributed by atoms with van der Waals surface area (Å²) in [6.07, 6.45) is 6.76. The first-order chi connectivity index (χ1) is 10.2. The van der Waals surface area contributed by atoms with Crippen LogP contribution in [-0.2, 0) is 4.79 Å². The molecule has 21 heavy (non-hydrogen) atoms. The lowest BCUT2D eigenvalue weighted by molar-refractivity contribution is -0.118. The van der Waals surface area contributed by atoms with Crippen molar-refractivity contribution in [1.29, 1.82) is 0 Å². The fourth-order valence-corrected chi connectivity index (χ4v) is 4.45. The predicted octanol–water partition coefficient (Wildman–Crippen LogP) is 2.43. The number of carbonyl (C=O) groups is 1. The number of hydrogen-bond acceptors (Lipinski definition) is 3. The fraction of sp³-hybridized carbons (Fsp3) is 0.588. The Hall–Kier alpha value is -1.55. The maximum atomic E-state index is 12.0. The van der Waals surface area contributed by atoms with E-state index in [1.165, 1.54) is 37.8 Å². The lowest BCUT2D eigenvalue weighted by atomic mass is 9.85. The van der Waals surface area contributed by atoms with Gasteiger partial charge in [-0.05, 0) is 37.3 Å². The minimum atomic E-state index is -0.486. The zero-order chi connectivity index (χ0) is 14.6. The third-order valence-corrected chi connectivity index (χ3v) is 5.65. The van der Waals surface area contributed by atoms with Gasteiger partial charge in [-0.15, -0.1) is 0 Å². The molecule has 0 aromatic heterocycles. The summed E-state index contributed by atoms with van der Waals surface area (Å²) in [5.74, 6) is 0.868. The van der Waals surface area contributed by atoms with Crippen molar-refractivity contribution in [1.82, 2.24) is 0 Å². The predicted molar refractivity (Wildman–Crippen MR) is 84.5 cm³/mol. The number of likely N-dealkylation sites (N-methyl/N-ethyl adjacent to an activating group) is 1. The van der Waals surface area contributed by atoms with Crippen LogP contribution < -0.4 is 15.5 Å².